The Hall–Kier alpha value is -1.30. The molecule has 20 heavy (non-hydrogen) atoms. The number of nitrogens with one attached hydrogen (secondary N) is 1. The van der Waals surface area contributed by atoms with Crippen molar-refractivity contribution in [3.8, 4) is 0 Å². The second-order valence-electron chi connectivity index (χ2n) is 5.12. The topological polar surface area (TPSA) is 58.1 Å². The smallest absolute Gasteiger partial charge is 0.274 e. The highest BCUT2D eigenvalue weighted by Gasteiger charge is 2.22. The summed E-state index contributed by atoms with van der Waals surface area (Å²) in [5, 5.41) is 2.99. The van der Waals surface area contributed by atoms with Crippen LogP contribution in [0.1, 0.15) is 43.0 Å². The molecular formula is C14H24N4OS. The highest BCUT2D eigenvalue weighted by atomic mass is 32.2. The zero-order chi connectivity index (χ0) is 15.3. The van der Waals surface area contributed by atoms with Crippen molar-refractivity contribution < 1.29 is 4.79 Å². The van der Waals surface area contributed by atoms with Crippen LogP contribution in [0.2, 0.25) is 0 Å². The Kier molecular flexibility index (Phi) is 6.26. The van der Waals surface area contributed by atoms with Crippen LogP contribution in [0.5, 0.6) is 0 Å². The third kappa shape index (κ3) is 3.85. The van der Waals surface area contributed by atoms with E-state index >= 15 is 0 Å². The third-order valence-corrected chi connectivity index (χ3v) is 4.00. The Bertz CT molecular complexity index is 464. The highest BCUT2D eigenvalue weighted by Crippen LogP contribution is 2.18. The molecule has 1 aromatic heterocycles. The molecule has 1 heterocycles. The second-order valence-corrected chi connectivity index (χ2v) is 6.03. The van der Waals surface area contributed by atoms with E-state index in [4.69, 9.17) is 0 Å². The summed E-state index contributed by atoms with van der Waals surface area (Å²) in [6.45, 7) is 6.07. The van der Waals surface area contributed by atoms with Gasteiger partial charge in [0.25, 0.3) is 5.91 Å². The molecule has 0 fully saturated rings. The second kappa shape index (κ2) is 7.47. The van der Waals surface area contributed by atoms with Crippen LogP contribution in [0.15, 0.2) is 6.20 Å². The van der Waals surface area contributed by atoms with Crippen LogP contribution in [0.4, 0.5) is 5.69 Å². The molecule has 5 nitrogen and oxygen atoms in total. The average molecular weight is 296 g/mol. The van der Waals surface area contributed by atoms with Gasteiger partial charge in [-0.1, -0.05) is 13.8 Å². The lowest BCUT2D eigenvalue weighted by molar-refractivity contribution is 0.0752. The van der Waals surface area contributed by atoms with Gasteiger partial charge in [0.1, 0.15) is 5.82 Å². The number of aromatic nitrogens is 2. The quantitative estimate of drug-likeness (QED) is 0.874. The van der Waals surface area contributed by atoms with Crippen molar-refractivity contribution in [3.63, 3.8) is 0 Å². The van der Waals surface area contributed by atoms with Gasteiger partial charge in [0, 0.05) is 31.8 Å². The van der Waals surface area contributed by atoms with Crippen molar-refractivity contribution in [3.05, 3.63) is 17.7 Å². The summed E-state index contributed by atoms with van der Waals surface area (Å²) in [6, 6.07) is 0.166. The molecule has 1 N–H and O–H groups in total. The van der Waals surface area contributed by atoms with Crippen LogP contribution in [0.25, 0.3) is 0 Å². The van der Waals surface area contributed by atoms with E-state index in [2.05, 4.69) is 15.3 Å². The Morgan fingerprint density at radius 1 is 1.45 bits per heavy atom. The number of carbonyl (C=O) groups is 1. The Labute approximate surface area is 125 Å². The Morgan fingerprint density at radius 3 is 2.60 bits per heavy atom. The molecule has 0 aliphatic carbocycles. The van der Waals surface area contributed by atoms with Gasteiger partial charge in [-0.2, -0.15) is 11.8 Å². The van der Waals surface area contributed by atoms with Crippen LogP contribution in [0, 0.1) is 0 Å². The number of amides is 1. The fourth-order valence-corrected chi connectivity index (χ4v) is 2.45. The predicted molar refractivity (Wildman–Crippen MR) is 85.6 cm³/mol. The molecule has 0 saturated carbocycles. The van der Waals surface area contributed by atoms with Crippen molar-refractivity contribution >= 4 is 23.4 Å². The monoisotopic (exact) mass is 296 g/mol. The van der Waals surface area contributed by atoms with E-state index in [0.717, 1.165) is 5.75 Å². The molecule has 0 radical (unpaired) electrons. The molecule has 1 amide bonds. The largest absolute Gasteiger partial charge is 0.385 e. The van der Waals surface area contributed by atoms with Gasteiger partial charge in [-0.15, -0.1) is 0 Å². The molecule has 1 rings (SSSR count). The van der Waals surface area contributed by atoms with E-state index in [-0.39, 0.29) is 17.9 Å². The first-order valence-electron chi connectivity index (χ1n) is 6.73. The van der Waals surface area contributed by atoms with Gasteiger partial charge >= 0.3 is 0 Å². The van der Waals surface area contributed by atoms with Crippen molar-refractivity contribution in [2.75, 3.05) is 31.4 Å². The zero-order valence-corrected chi connectivity index (χ0v) is 13.9. The number of nitrogens with zero attached hydrogens (tertiary/aromatic N) is 3. The fraction of sp³-hybridized carbons (Fsp3) is 0.643. The molecule has 0 spiro atoms. The molecule has 1 unspecified atom stereocenters. The van der Waals surface area contributed by atoms with Gasteiger partial charge < -0.3 is 10.2 Å². The van der Waals surface area contributed by atoms with E-state index in [0.29, 0.717) is 17.2 Å². The first-order valence-corrected chi connectivity index (χ1v) is 8.12. The molecule has 0 aliphatic heterocycles. The van der Waals surface area contributed by atoms with Crippen LogP contribution in [-0.2, 0) is 0 Å². The van der Waals surface area contributed by atoms with Crippen LogP contribution in [0.3, 0.4) is 0 Å². The Balaban J connectivity index is 3.09. The van der Waals surface area contributed by atoms with Crippen molar-refractivity contribution in [2.24, 2.45) is 0 Å². The number of carbonyl (C=O) groups excluding carboxylic acids is 1. The van der Waals surface area contributed by atoms with Gasteiger partial charge in [-0.3, -0.25) is 4.79 Å². The summed E-state index contributed by atoms with van der Waals surface area (Å²) in [5.41, 5.74) is 1.12. The van der Waals surface area contributed by atoms with Gasteiger partial charge in [-0.05, 0) is 13.2 Å². The molecule has 0 saturated heterocycles. The predicted octanol–water partition coefficient (Wildman–Crippen LogP) is 2.47. The van der Waals surface area contributed by atoms with Crippen molar-refractivity contribution in [2.45, 2.75) is 32.7 Å². The molecule has 112 valence electrons. The minimum absolute atomic E-state index is 0.0693. The summed E-state index contributed by atoms with van der Waals surface area (Å²) >= 11 is 1.73. The van der Waals surface area contributed by atoms with Gasteiger partial charge in [0.05, 0.1) is 11.9 Å². The number of thioether (sulfide) groups is 1. The first kappa shape index (κ1) is 16.8. The minimum Gasteiger partial charge on any atom is -0.385 e. The lowest BCUT2D eigenvalue weighted by atomic mass is 10.2. The Morgan fingerprint density at radius 2 is 2.10 bits per heavy atom. The normalized spacial score (nSPS) is 12.3. The van der Waals surface area contributed by atoms with E-state index in [1.165, 1.54) is 0 Å². The lowest BCUT2D eigenvalue weighted by Gasteiger charge is -2.25. The van der Waals surface area contributed by atoms with Crippen molar-refractivity contribution in [1.29, 1.82) is 0 Å². The lowest BCUT2D eigenvalue weighted by Crippen LogP contribution is -2.37. The number of hydrogen-bond acceptors (Lipinski definition) is 5. The van der Waals surface area contributed by atoms with Crippen molar-refractivity contribution in [1.82, 2.24) is 14.9 Å². The molecule has 1 atom stereocenters. The third-order valence-electron chi connectivity index (χ3n) is 3.19. The van der Waals surface area contributed by atoms with Gasteiger partial charge in [0.15, 0.2) is 5.69 Å². The maximum atomic E-state index is 12.6. The highest BCUT2D eigenvalue weighted by molar-refractivity contribution is 7.98. The summed E-state index contributed by atoms with van der Waals surface area (Å²) in [7, 11) is 3.59. The van der Waals surface area contributed by atoms with E-state index in [1.807, 2.05) is 34.1 Å². The standard InChI is InChI=1S/C14H24N4OS/c1-9(2)13-16-7-11(15-4)12(17-13)14(19)18(5)10(3)8-20-6/h7,9-10,15H,8H2,1-6H3. The van der Waals surface area contributed by atoms with Gasteiger partial charge in [-0.25, -0.2) is 9.97 Å². The molecule has 0 aromatic carbocycles. The molecular weight excluding hydrogens is 272 g/mol. The summed E-state index contributed by atoms with van der Waals surface area (Å²) in [4.78, 5) is 23.1. The maximum absolute atomic E-state index is 12.6. The van der Waals surface area contributed by atoms with Crippen LogP contribution < -0.4 is 5.32 Å². The zero-order valence-electron chi connectivity index (χ0n) is 13.1. The first-order chi connectivity index (χ1) is 9.42. The average Bonchev–Trinajstić information content (AvgIpc) is 2.45. The summed E-state index contributed by atoms with van der Waals surface area (Å²) in [6.07, 6.45) is 3.72. The number of rotatable bonds is 6. The molecule has 0 aliphatic rings. The van der Waals surface area contributed by atoms with Gasteiger partial charge in [0.2, 0.25) is 0 Å². The number of hydrogen-bond donors (Lipinski definition) is 1. The van der Waals surface area contributed by atoms with Crippen LogP contribution in [-0.4, -0.2) is 52.9 Å². The van der Waals surface area contributed by atoms with E-state index in [1.54, 1.807) is 29.9 Å². The summed E-state index contributed by atoms with van der Waals surface area (Å²) < 4.78 is 0. The van der Waals surface area contributed by atoms with E-state index in [9.17, 15) is 4.79 Å². The molecule has 6 heteroatoms. The SMILES string of the molecule is CNc1cnc(C(C)C)nc1C(=O)N(C)C(C)CSC. The minimum atomic E-state index is -0.0693. The molecule has 0 bridgehead atoms. The van der Waals surface area contributed by atoms with E-state index < -0.39 is 0 Å². The fourth-order valence-electron chi connectivity index (χ4n) is 1.74. The summed E-state index contributed by atoms with van der Waals surface area (Å²) in [5.74, 6) is 1.72. The number of anilines is 1. The maximum Gasteiger partial charge on any atom is 0.274 e. The molecule has 1 aromatic rings. The van der Waals surface area contributed by atoms with Crippen LogP contribution >= 0.6 is 11.8 Å².